The maximum atomic E-state index is 5.94. The van der Waals surface area contributed by atoms with Crippen molar-refractivity contribution in [3.8, 4) is 11.6 Å². The van der Waals surface area contributed by atoms with Crippen LogP contribution in [-0.4, -0.2) is 14.8 Å². The first-order chi connectivity index (χ1) is 8.10. The second-order valence-electron chi connectivity index (χ2n) is 3.28. The van der Waals surface area contributed by atoms with E-state index < -0.39 is 0 Å². The number of nitrogens with zero attached hydrogens (tertiary/aromatic N) is 3. The maximum absolute atomic E-state index is 5.94. The van der Waals surface area contributed by atoms with Gasteiger partial charge in [0, 0.05) is 6.54 Å². The number of rotatable bonds is 3. The highest BCUT2D eigenvalue weighted by Gasteiger charge is 2.10. The van der Waals surface area contributed by atoms with Crippen molar-refractivity contribution in [2.24, 2.45) is 0 Å². The van der Waals surface area contributed by atoms with Gasteiger partial charge in [0.2, 0.25) is 5.88 Å². The number of nitrogen functional groups attached to an aromatic ring is 1. The standard InChI is InChI=1S/C10H10Cl2N4O/c1-2-16-5-6(4-14-16)17-10-8(12)3-7(11)9(13)15-10/h3-5H,2H2,1H3,(H2,13,15). The van der Waals surface area contributed by atoms with E-state index >= 15 is 0 Å². The fourth-order valence-corrected chi connectivity index (χ4v) is 1.61. The zero-order valence-corrected chi connectivity index (χ0v) is 10.5. The molecule has 90 valence electrons. The summed E-state index contributed by atoms with van der Waals surface area (Å²) in [6.45, 7) is 2.73. The Morgan fingerprint density at radius 3 is 2.82 bits per heavy atom. The molecule has 0 amide bonds. The van der Waals surface area contributed by atoms with E-state index in [0.717, 1.165) is 6.54 Å². The van der Waals surface area contributed by atoms with E-state index in [1.54, 1.807) is 17.1 Å². The van der Waals surface area contributed by atoms with Crippen molar-refractivity contribution in [3.63, 3.8) is 0 Å². The van der Waals surface area contributed by atoms with Crippen LogP contribution in [0.25, 0.3) is 0 Å². The molecule has 2 aromatic rings. The highest BCUT2D eigenvalue weighted by Crippen LogP contribution is 2.31. The zero-order chi connectivity index (χ0) is 12.4. The van der Waals surface area contributed by atoms with E-state index in [0.29, 0.717) is 15.8 Å². The highest BCUT2D eigenvalue weighted by atomic mass is 35.5. The van der Waals surface area contributed by atoms with Crippen LogP contribution in [0.4, 0.5) is 5.82 Å². The van der Waals surface area contributed by atoms with Gasteiger partial charge in [-0.1, -0.05) is 23.2 Å². The van der Waals surface area contributed by atoms with Gasteiger partial charge >= 0.3 is 0 Å². The number of hydrogen-bond donors (Lipinski definition) is 1. The molecule has 0 bridgehead atoms. The summed E-state index contributed by atoms with van der Waals surface area (Å²) in [5.74, 6) is 0.932. The van der Waals surface area contributed by atoms with Crippen molar-refractivity contribution in [3.05, 3.63) is 28.5 Å². The predicted octanol–water partition coefficient (Wildman–Crippen LogP) is 2.98. The molecule has 0 aliphatic heterocycles. The molecule has 2 rings (SSSR count). The lowest BCUT2D eigenvalue weighted by atomic mass is 10.4. The number of aryl methyl sites for hydroxylation is 1. The Hall–Kier alpha value is -1.46. The van der Waals surface area contributed by atoms with Crippen molar-refractivity contribution >= 4 is 29.0 Å². The summed E-state index contributed by atoms with van der Waals surface area (Å²) in [6, 6.07) is 1.49. The fourth-order valence-electron chi connectivity index (χ4n) is 1.22. The van der Waals surface area contributed by atoms with Gasteiger partial charge in [-0.05, 0) is 13.0 Å². The van der Waals surface area contributed by atoms with Crippen molar-refractivity contribution in [1.82, 2.24) is 14.8 Å². The Morgan fingerprint density at radius 2 is 2.18 bits per heavy atom. The van der Waals surface area contributed by atoms with Gasteiger partial charge in [0.15, 0.2) is 5.75 Å². The van der Waals surface area contributed by atoms with Crippen LogP contribution in [0.2, 0.25) is 10.0 Å². The molecular formula is C10H10Cl2N4O. The summed E-state index contributed by atoms with van der Waals surface area (Å²) >= 11 is 11.7. The number of anilines is 1. The van der Waals surface area contributed by atoms with Gasteiger partial charge in [-0.15, -0.1) is 0 Å². The second-order valence-corrected chi connectivity index (χ2v) is 4.09. The predicted molar refractivity (Wildman–Crippen MR) is 66.6 cm³/mol. The lowest BCUT2D eigenvalue weighted by molar-refractivity contribution is 0.463. The molecule has 7 heteroatoms. The van der Waals surface area contributed by atoms with Crippen LogP contribution in [0.1, 0.15) is 6.92 Å². The third-order valence-electron chi connectivity index (χ3n) is 2.07. The van der Waals surface area contributed by atoms with E-state index in [9.17, 15) is 0 Å². The number of hydrogen-bond acceptors (Lipinski definition) is 4. The monoisotopic (exact) mass is 272 g/mol. The van der Waals surface area contributed by atoms with E-state index in [1.165, 1.54) is 6.07 Å². The molecule has 0 radical (unpaired) electrons. The van der Waals surface area contributed by atoms with E-state index in [1.807, 2.05) is 6.92 Å². The molecule has 0 saturated heterocycles. The van der Waals surface area contributed by atoms with Gasteiger partial charge < -0.3 is 10.5 Å². The molecule has 5 nitrogen and oxygen atoms in total. The Kier molecular flexibility index (Phi) is 3.40. The topological polar surface area (TPSA) is 66.0 Å². The first-order valence-electron chi connectivity index (χ1n) is 4.92. The molecule has 17 heavy (non-hydrogen) atoms. The van der Waals surface area contributed by atoms with E-state index in [4.69, 9.17) is 33.7 Å². The Bertz CT molecular complexity index is 541. The molecule has 2 heterocycles. The lowest BCUT2D eigenvalue weighted by Gasteiger charge is -2.05. The maximum Gasteiger partial charge on any atom is 0.240 e. The van der Waals surface area contributed by atoms with Crippen molar-refractivity contribution in [1.29, 1.82) is 0 Å². The zero-order valence-electron chi connectivity index (χ0n) is 9.02. The lowest BCUT2D eigenvalue weighted by Crippen LogP contribution is -1.95. The third kappa shape index (κ3) is 2.62. The van der Waals surface area contributed by atoms with Gasteiger partial charge in [0.1, 0.15) is 10.8 Å². The molecule has 0 spiro atoms. The SMILES string of the molecule is CCn1cc(Oc2nc(N)c(Cl)cc2Cl)cn1. The van der Waals surface area contributed by atoms with E-state index in [-0.39, 0.29) is 11.7 Å². The number of nitrogens with two attached hydrogens (primary N) is 1. The smallest absolute Gasteiger partial charge is 0.240 e. The quantitative estimate of drug-likeness (QED) is 0.933. The summed E-state index contributed by atoms with van der Waals surface area (Å²) in [5.41, 5.74) is 5.57. The number of ether oxygens (including phenoxy) is 1. The van der Waals surface area contributed by atoms with Crippen molar-refractivity contribution in [2.45, 2.75) is 13.5 Å². The summed E-state index contributed by atoms with van der Waals surface area (Å²) in [7, 11) is 0. The van der Waals surface area contributed by atoms with Gasteiger partial charge in [0.25, 0.3) is 0 Å². The molecule has 0 aromatic carbocycles. The highest BCUT2D eigenvalue weighted by molar-refractivity contribution is 6.36. The largest absolute Gasteiger partial charge is 0.434 e. The minimum absolute atomic E-state index is 0.175. The van der Waals surface area contributed by atoms with Gasteiger partial charge in [-0.25, -0.2) is 0 Å². The second kappa shape index (κ2) is 4.81. The van der Waals surface area contributed by atoms with Gasteiger partial charge in [-0.2, -0.15) is 10.1 Å². The molecule has 0 aliphatic carbocycles. The molecule has 2 N–H and O–H groups in total. The average molecular weight is 273 g/mol. The first kappa shape index (κ1) is 12.0. The molecular weight excluding hydrogens is 263 g/mol. The first-order valence-corrected chi connectivity index (χ1v) is 5.67. The van der Waals surface area contributed by atoms with Gasteiger partial charge in [-0.3, -0.25) is 4.68 Å². The molecule has 0 atom stereocenters. The van der Waals surface area contributed by atoms with E-state index in [2.05, 4.69) is 10.1 Å². The number of pyridine rings is 1. The minimum atomic E-state index is 0.175. The fraction of sp³-hybridized carbons (Fsp3) is 0.200. The Labute approximate surface area is 108 Å². The Morgan fingerprint density at radius 1 is 1.41 bits per heavy atom. The minimum Gasteiger partial charge on any atom is -0.434 e. The number of halogens is 2. The molecule has 0 saturated carbocycles. The van der Waals surface area contributed by atoms with Crippen LogP contribution in [0.5, 0.6) is 11.6 Å². The van der Waals surface area contributed by atoms with Crippen LogP contribution < -0.4 is 10.5 Å². The molecule has 0 unspecified atom stereocenters. The van der Waals surface area contributed by atoms with Crippen LogP contribution in [0.3, 0.4) is 0 Å². The normalized spacial score (nSPS) is 10.5. The van der Waals surface area contributed by atoms with Crippen LogP contribution in [-0.2, 0) is 6.54 Å². The van der Waals surface area contributed by atoms with Crippen LogP contribution in [0, 0.1) is 0 Å². The van der Waals surface area contributed by atoms with Crippen molar-refractivity contribution < 1.29 is 4.74 Å². The van der Waals surface area contributed by atoms with Crippen molar-refractivity contribution in [2.75, 3.05) is 5.73 Å². The summed E-state index contributed by atoms with van der Waals surface area (Å²) in [5, 5.41) is 4.66. The van der Waals surface area contributed by atoms with Crippen LogP contribution >= 0.6 is 23.2 Å². The Balaban J connectivity index is 2.26. The summed E-state index contributed by atoms with van der Waals surface area (Å²) in [6.07, 6.45) is 3.31. The summed E-state index contributed by atoms with van der Waals surface area (Å²) in [4.78, 5) is 3.96. The van der Waals surface area contributed by atoms with Gasteiger partial charge in [0.05, 0.1) is 17.4 Å². The molecule has 0 aliphatic rings. The molecule has 0 fully saturated rings. The van der Waals surface area contributed by atoms with Crippen LogP contribution in [0.15, 0.2) is 18.5 Å². The molecule has 2 aromatic heterocycles. The average Bonchev–Trinajstić information content (AvgIpc) is 2.73. The number of aromatic nitrogens is 3. The summed E-state index contributed by atoms with van der Waals surface area (Å²) < 4.78 is 7.19. The third-order valence-corrected chi connectivity index (χ3v) is 2.65.